The summed E-state index contributed by atoms with van der Waals surface area (Å²) < 4.78 is 2.30. The Morgan fingerprint density at radius 1 is 1.28 bits per heavy atom. The molecule has 2 heterocycles. The van der Waals surface area contributed by atoms with Crippen molar-refractivity contribution in [2.75, 3.05) is 5.73 Å². The van der Waals surface area contributed by atoms with Gasteiger partial charge in [0.05, 0.1) is 5.39 Å². The molecule has 0 bridgehead atoms. The molecule has 0 amide bonds. The average Bonchev–Trinajstić information content (AvgIpc) is 2.53. The van der Waals surface area contributed by atoms with Crippen LogP contribution < -0.4 is 5.73 Å². The number of aromatic nitrogens is 3. The van der Waals surface area contributed by atoms with Gasteiger partial charge in [0.1, 0.15) is 17.8 Å². The molecule has 0 aliphatic heterocycles. The minimum atomic E-state index is 0.0478. The Labute approximate surface area is 108 Å². The van der Waals surface area contributed by atoms with Crippen LogP contribution in [0.3, 0.4) is 0 Å². The zero-order valence-corrected chi connectivity index (χ0v) is 11.9. The van der Waals surface area contributed by atoms with E-state index in [0.29, 0.717) is 5.82 Å². The Hall–Kier alpha value is -1.58. The van der Waals surface area contributed by atoms with Crippen molar-refractivity contribution in [3.05, 3.63) is 17.6 Å². The second kappa shape index (κ2) is 4.26. The maximum Gasteiger partial charge on any atom is 0.146 e. The van der Waals surface area contributed by atoms with Crippen LogP contribution in [0, 0.1) is 13.8 Å². The van der Waals surface area contributed by atoms with E-state index < -0.39 is 0 Å². The van der Waals surface area contributed by atoms with Crippen molar-refractivity contribution in [2.24, 2.45) is 0 Å². The predicted octanol–water partition coefficient (Wildman–Crippen LogP) is 3.17. The summed E-state index contributed by atoms with van der Waals surface area (Å²) in [5, 5.41) is 0.999. The van der Waals surface area contributed by atoms with Crippen molar-refractivity contribution >= 4 is 16.9 Å². The van der Waals surface area contributed by atoms with E-state index in [-0.39, 0.29) is 5.54 Å². The Kier molecular flexibility index (Phi) is 3.05. The number of hydrogen-bond acceptors (Lipinski definition) is 3. The van der Waals surface area contributed by atoms with Gasteiger partial charge in [-0.1, -0.05) is 13.3 Å². The monoisotopic (exact) mass is 246 g/mol. The van der Waals surface area contributed by atoms with Crippen LogP contribution in [0.4, 0.5) is 5.82 Å². The molecule has 2 rings (SSSR count). The van der Waals surface area contributed by atoms with E-state index in [1.54, 1.807) is 6.33 Å². The van der Waals surface area contributed by atoms with Crippen molar-refractivity contribution in [3.63, 3.8) is 0 Å². The summed E-state index contributed by atoms with van der Waals surface area (Å²) in [5.74, 6) is 0.576. The molecule has 4 heteroatoms. The summed E-state index contributed by atoms with van der Waals surface area (Å²) in [4.78, 5) is 8.55. The van der Waals surface area contributed by atoms with Gasteiger partial charge in [-0.2, -0.15) is 0 Å². The molecule has 18 heavy (non-hydrogen) atoms. The second-order valence-electron chi connectivity index (χ2n) is 5.57. The first kappa shape index (κ1) is 12.9. The van der Waals surface area contributed by atoms with Crippen LogP contribution in [0.25, 0.3) is 11.0 Å². The van der Waals surface area contributed by atoms with Gasteiger partial charge in [-0.05, 0) is 39.7 Å². The Morgan fingerprint density at radius 2 is 1.94 bits per heavy atom. The van der Waals surface area contributed by atoms with Crippen molar-refractivity contribution in [1.29, 1.82) is 0 Å². The minimum Gasteiger partial charge on any atom is -0.383 e. The van der Waals surface area contributed by atoms with Gasteiger partial charge < -0.3 is 10.3 Å². The van der Waals surface area contributed by atoms with Crippen LogP contribution in [-0.4, -0.2) is 14.5 Å². The summed E-state index contributed by atoms with van der Waals surface area (Å²) in [6.45, 7) is 10.9. The molecule has 0 unspecified atom stereocenters. The fraction of sp³-hybridized carbons (Fsp3) is 0.571. The summed E-state index contributed by atoms with van der Waals surface area (Å²) in [6.07, 6.45) is 3.81. The number of nitrogen functional groups attached to an aromatic ring is 1. The standard InChI is InChI=1S/C14H22N4/c1-6-7-14(4,5)18-10(3)9(2)11-12(15)16-8-17-13(11)18/h8H,6-7H2,1-5H3,(H2,15,16,17). The first-order chi connectivity index (χ1) is 8.40. The largest absolute Gasteiger partial charge is 0.383 e. The zero-order valence-electron chi connectivity index (χ0n) is 11.9. The number of anilines is 1. The molecule has 2 aromatic heterocycles. The fourth-order valence-electron chi connectivity index (χ4n) is 2.89. The van der Waals surface area contributed by atoms with Gasteiger partial charge in [0, 0.05) is 11.2 Å². The third-order valence-corrected chi connectivity index (χ3v) is 3.79. The van der Waals surface area contributed by atoms with E-state index in [2.05, 4.69) is 49.2 Å². The van der Waals surface area contributed by atoms with E-state index in [9.17, 15) is 0 Å². The number of rotatable bonds is 3. The van der Waals surface area contributed by atoms with Crippen LogP contribution in [0.5, 0.6) is 0 Å². The molecule has 0 radical (unpaired) electrons. The second-order valence-corrected chi connectivity index (χ2v) is 5.57. The Morgan fingerprint density at radius 3 is 2.56 bits per heavy atom. The van der Waals surface area contributed by atoms with Crippen LogP contribution >= 0.6 is 0 Å². The van der Waals surface area contributed by atoms with Gasteiger partial charge >= 0.3 is 0 Å². The molecule has 0 atom stereocenters. The van der Waals surface area contributed by atoms with Gasteiger partial charge in [-0.25, -0.2) is 9.97 Å². The molecule has 98 valence electrons. The molecular formula is C14H22N4. The van der Waals surface area contributed by atoms with E-state index in [1.807, 2.05) is 0 Å². The van der Waals surface area contributed by atoms with Crippen molar-refractivity contribution in [2.45, 2.75) is 53.0 Å². The normalized spacial score (nSPS) is 12.3. The average molecular weight is 246 g/mol. The third-order valence-electron chi connectivity index (χ3n) is 3.79. The predicted molar refractivity (Wildman–Crippen MR) is 75.6 cm³/mol. The molecule has 0 aliphatic rings. The quantitative estimate of drug-likeness (QED) is 0.905. The third kappa shape index (κ3) is 1.76. The Bertz CT molecular complexity index is 581. The number of hydrogen-bond donors (Lipinski definition) is 1. The van der Waals surface area contributed by atoms with Gasteiger partial charge in [-0.15, -0.1) is 0 Å². The van der Waals surface area contributed by atoms with Gasteiger partial charge in [-0.3, -0.25) is 0 Å². The first-order valence-corrected chi connectivity index (χ1v) is 6.48. The molecule has 0 saturated carbocycles. The highest BCUT2D eigenvalue weighted by Gasteiger charge is 2.26. The highest BCUT2D eigenvalue weighted by Crippen LogP contribution is 2.34. The molecular weight excluding hydrogens is 224 g/mol. The highest BCUT2D eigenvalue weighted by atomic mass is 15.1. The number of nitrogens with zero attached hydrogens (tertiary/aromatic N) is 3. The SMILES string of the molecule is CCCC(C)(C)n1c(C)c(C)c2c(N)ncnc21. The molecule has 0 saturated heterocycles. The Balaban J connectivity index is 2.80. The lowest BCUT2D eigenvalue weighted by Gasteiger charge is -2.29. The van der Waals surface area contributed by atoms with E-state index in [0.717, 1.165) is 23.9 Å². The maximum absolute atomic E-state index is 5.99. The molecule has 0 spiro atoms. The van der Waals surface area contributed by atoms with E-state index in [4.69, 9.17) is 5.73 Å². The van der Waals surface area contributed by atoms with E-state index >= 15 is 0 Å². The van der Waals surface area contributed by atoms with Gasteiger partial charge in [0.15, 0.2) is 0 Å². The lowest BCUT2D eigenvalue weighted by molar-refractivity contribution is 0.327. The molecule has 4 nitrogen and oxygen atoms in total. The maximum atomic E-state index is 5.99. The fourth-order valence-corrected chi connectivity index (χ4v) is 2.89. The molecule has 2 N–H and O–H groups in total. The smallest absolute Gasteiger partial charge is 0.146 e. The van der Waals surface area contributed by atoms with Crippen LogP contribution in [0.1, 0.15) is 44.9 Å². The lowest BCUT2D eigenvalue weighted by Crippen LogP contribution is -2.27. The zero-order chi connectivity index (χ0) is 13.5. The molecule has 0 aliphatic carbocycles. The molecule has 0 aromatic carbocycles. The number of nitrogens with two attached hydrogens (primary N) is 1. The number of aryl methyl sites for hydroxylation is 1. The van der Waals surface area contributed by atoms with Crippen LogP contribution in [0.15, 0.2) is 6.33 Å². The molecule has 0 fully saturated rings. The summed E-state index contributed by atoms with van der Waals surface area (Å²) >= 11 is 0. The summed E-state index contributed by atoms with van der Waals surface area (Å²) in [5.41, 5.74) is 9.41. The van der Waals surface area contributed by atoms with Crippen molar-refractivity contribution < 1.29 is 0 Å². The van der Waals surface area contributed by atoms with E-state index in [1.165, 1.54) is 11.3 Å². The minimum absolute atomic E-state index is 0.0478. The summed E-state index contributed by atoms with van der Waals surface area (Å²) in [6, 6.07) is 0. The van der Waals surface area contributed by atoms with Gasteiger partial charge in [0.25, 0.3) is 0 Å². The highest BCUT2D eigenvalue weighted by molar-refractivity contribution is 5.91. The van der Waals surface area contributed by atoms with Gasteiger partial charge in [0.2, 0.25) is 0 Å². The van der Waals surface area contributed by atoms with Crippen LogP contribution in [0.2, 0.25) is 0 Å². The molecule has 2 aromatic rings. The lowest BCUT2D eigenvalue weighted by atomic mass is 9.98. The summed E-state index contributed by atoms with van der Waals surface area (Å²) in [7, 11) is 0. The van der Waals surface area contributed by atoms with Crippen molar-refractivity contribution in [1.82, 2.24) is 14.5 Å². The van der Waals surface area contributed by atoms with Crippen molar-refractivity contribution in [3.8, 4) is 0 Å². The van der Waals surface area contributed by atoms with Crippen LogP contribution in [-0.2, 0) is 5.54 Å². The number of fused-ring (bicyclic) bond motifs is 1. The topological polar surface area (TPSA) is 56.7 Å². The first-order valence-electron chi connectivity index (χ1n) is 6.48.